The van der Waals surface area contributed by atoms with Crippen LogP contribution in [-0.4, -0.2) is 46.4 Å². The smallest absolute Gasteiger partial charge is 0.127 e. The Hall–Kier alpha value is -1.06. The van der Waals surface area contributed by atoms with Crippen molar-refractivity contribution >= 4 is 0 Å². The standard InChI is InChI=1S/C22H38N2O/c1-18(2)20-10-9-11-21(19(3)4)22(20)25-17-8-6-7-12-24-15-13-23(5)14-16-24/h9-11,18-19H,6-8,12-17H2,1-5H3/p+2. The van der Waals surface area contributed by atoms with Crippen molar-refractivity contribution in [3.05, 3.63) is 29.3 Å². The lowest BCUT2D eigenvalue weighted by atomic mass is 9.94. The Morgan fingerprint density at radius 3 is 2.04 bits per heavy atom. The van der Waals surface area contributed by atoms with Gasteiger partial charge in [-0.1, -0.05) is 45.9 Å². The molecule has 0 bridgehead atoms. The fraction of sp³-hybridized carbons (Fsp3) is 0.727. The van der Waals surface area contributed by atoms with Crippen LogP contribution in [0.15, 0.2) is 18.2 Å². The lowest BCUT2D eigenvalue weighted by Gasteiger charge is -2.27. The van der Waals surface area contributed by atoms with Crippen molar-refractivity contribution in [2.75, 3.05) is 46.4 Å². The Morgan fingerprint density at radius 1 is 0.880 bits per heavy atom. The Morgan fingerprint density at radius 2 is 1.48 bits per heavy atom. The van der Waals surface area contributed by atoms with E-state index in [-0.39, 0.29) is 0 Å². The predicted octanol–water partition coefficient (Wildman–Crippen LogP) is 1.90. The maximum atomic E-state index is 6.29. The third-order valence-electron chi connectivity index (χ3n) is 5.55. The van der Waals surface area contributed by atoms with Gasteiger partial charge in [0.15, 0.2) is 0 Å². The van der Waals surface area contributed by atoms with Crippen LogP contribution >= 0.6 is 0 Å². The van der Waals surface area contributed by atoms with E-state index in [9.17, 15) is 0 Å². The summed E-state index contributed by atoms with van der Waals surface area (Å²) in [7, 11) is 2.31. The first-order valence-electron chi connectivity index (χ1n) is 10.4. The second-order valence-electron chi connectivity index (χ2n) is 8.44. The number of hydrogen-bond donors (Lipinski definition) is 2. The third kappa shape index (κ3) is 6.31. The summed E-state index contributed by atoms with van der Waals surface area (Å²) in [6.07, 6.45) is 3.79. The van der Waals surface area contributed by atoms with Crippen LogP contribution in [-0.2, 0) is 0 Å². The zero-order valence-electron chi connectivity index (χ0n) is 17.2. The fourth-order valence-electron chi connectivity index (χ4n) is 3.76. The van der Waals surface area contributed by atoms with Crippen LogP contribution in [0.3, 0.4) is 0 Å². The van der Waals surface area contributed by atoms with E-state index in [0.29, 0.717) is 11.8 Å². The van der Waals surface area contributed by atoms with Gasteiger partial charge in [0.05, 0.1) is 20.2 Å². The highest BCUT2D eigenvalue weighted by molar-refractivity contribution is 5.44. The van der Waals surface area contributed by atoms with Crippen LogP contribution in [0.1, 0.15) is 69.9 Å². The largest absolute Gasteiger partial charge is 0.493 e. The summed E-state index contributed by atoms with van der Waals surface area (Å²) in [6.45, 7) is 16.6. The molecule has 0 amide bonds. The molecular weight excluding hydrogens is 308 g/mol. The molecule has 3 heteroatoms. The lowest BCUT2D eigenvalue weighted by Crippen LogP contribution is -3.27. The number of benzene rings is 1. The maximum absolute atomic E-state index is 6.29. The minimum Gasteiger partial charge on any atom is -0.493 e. The van der Waals surface area contributed by atoms with Crippen molar-refractivity contribution in [3.63, 3.8) is 0 Å². The summed E-state index contributed by atoms with van der Waals surface area (Å²) in [5.41, 5.74) is 2.71. The van der Waals surface area contributed by atoms with Crippen LogP contribution < -0.4 is 14.5 Å². The lowest BCUT2D eigenvalue weighted by molar-refractivity contribution is -1.00. The van der Waals surface area contributed by atoms with Gasteiger partial charge in [-0.05, 0) is 42.2 Å². The van der Waals surface area contributed by atoms with Crippen molar-refractivity contribution in [1.29, 1.82) is 0 Å². The fourth-order valence-corrected chi connectivity index (χ4v) is 3.76. The first-order valence-corrected chi connectivity index (χ1v) is 10.4. The number of nitrogens with one attached hydrogen (secondary N) is 2. The van der Waals surface area contributed by atoms with E-state index in [0.717, 1.165) is 12.4 Å². The van der Waals surface area contributed by atoms with Gasteiger partial charge in [-0.3, -0.25) is 0 Å². The molecule has 0 aliphatic carbocycles. The molecule has 0 unspecified atom stereocenters. The van der Waals surface area contributed by atoms with E-state index < -0.39 is 0 Å². The normalized spacial score (nSPS) is 21.1. The number of piperazine rings is 1. The molecule has 0 atom stereocenters. The van der Waals surface area contributed by atoms with Crippen LogP contribution in [0.5, 0.6) is 5.75 Å². The van der Waals surface area contributed by atoms with Crippen LogP contribution in [0.2, 0.25) is 0 Å². The molecule has 142 valence electrons. The molecule has 1 aromatic rings. The second-order valence-corrected chi connectivity index (χ2v) is 8.44. The summed E-state index contributed by atoms with van der Waals surface area (Å²) < 4.78 is 6.29. The van der Waals surface area contributed by atoms with Gasteiger partial charge in [-0.2, -0.15) is 0 Å². The van der Waals surface area contributed by atoms with Gasteiger partial charge in [0.25, 0.3) is 0 Å². The van der Waals surface area contributed by atoms with Gasteiger partial charge < -0.3 is 14.5 Å². The molecule has 2 rings (SSSR count). The summed E-state index contributed by atoms with van der Waals surface area (Å²) in [6, 6.07) is 6.63. The Labute approximate surface area is 155 Å². The third-order valence-corrected chi connectivity index (χ3v) is 5.55. The number of rotatable bonds is 9. The van der Waals surface area contributed by atoms with Gasteiger partial charge in [0, 0.05) is 0 Å². The predicted molar refractivity (Wildman–Crippen MR) is 106 cm³/mol. The summed E-state index contributed by atoms with van der Waals surface area (Å²) in [4.78, 5) is 3.50. The molecule has 1 heterocycles. The topological polar surface area (TPSA) is 18.1 Å². The Balaban J connectivity index is 1.74. The number of quaternary nitrogens is 2. The highest BCUT2D eigenvalue weighted by Crippen LogP contribution is 2.34. The number of hydrogen-bond acceptors (Lipinski definition) is 1. The zero-order chi connectivity index (χ0) is 18.2. The van der Waals surface area contributed by atoms with Crippen molar-refractivity contribution < 1.29 is 14.5 Å². The molecule has 1 aliphatic heterocycles. The SMILES string of the molecule is CC(C)c1cccc(C(C)C)c1OCCCCC[NH+]1CC[NH+](C)CC1. The molecule has 1 fully saturated rings. The Kier molecular flexibility index (Phi) is 8.25. The summed E-state index contributed by atoms with van der Waals surface area (Å²) >= 11 is 0. The van der Waals surface area contributed by atoms with Crippen LogP contribution in [0.25, 0.3) is 0 Å². The number of ether oxygens (including phenoxy) is 1. The first-order chi connectivity index (χ1) is 12.0. The minimum absolute atomic E-state index is 0.511. The average molecular weight is 349 g/mol. The van der Waals surface area contributed by atoms with Crippen molar-refractivity contribution in [3.8, 4) is 5.75 Å². The van der Waals surface area contributed by atoms with E-state index in [2.05, 4.69) is 52.9 Å². The van der Waals surface area contributed by atoms with Gasteiger partial charge in [0.1, 0.15) is 31.9 Å². The van der Waals surface area contributed by atoms with E-state index in [1.165, 1.54) is 63.1 Å². The highest BCUT2D eigenvalue weighted by Gasteiger charge is 2.19. The van der Waals surface area contributed by atoms with Crippen LogP contribution in [0.4, 0.5) is 0 Å². The van der Waals surface area contributed by atoms with Gasteiger partial charge >= 0.3 is 0 Å². The van der Waals surface area contributed by atoms with Crippen molar-refractivity contribution in [2.24, 2.45) is 0 Å². The molecular formula is C22H40N2O+2. The molecule has 25 heavy (non-hydrogen) atoms. The summed E-state index contributed by atoms with van der Waals surface area (Å²) in [5, 5.41) is 0. The van der Waals surface area contributed by atoms with Gasteiger partial charge in [0.2, 0.25) is 0 Å². The second kappa shape index (κ2) is 10.2. The van der Waals surface area contributed by atoms with Gasteiger partial charge in [-0.15, -0.1) is 0 Å². The molecule has 1 saturated heterocycles. The molecule has 0 saturated carbocycles. The van der Waals surface area contributed by atoms with Crippen molar-refractivity contribution in [2.45, 2.75) is 58.8 Å². The number of unbranched alkanes of at least 4 members (excludes halogenated alkanes) is 2. The molecule has 3 nitrogen and oxygen atoms in total. The van der Waals surface area contributed by atoms with E-state index in [1.54, 1.807) is 9.80 Å². The van der Waals surface area contributed by atoms with Gasteiger partial charge in [-0.25, -0.2) is 0 Å². The maximum Gasteiger partial charge on any atom is 0.127 e. The van der Waals surface area contributed by atoms with E-state index in [4.69, 9.17) is 4.74 Å². The molecule has 1 aromatic carbocycles. The number of likely N-dealkylation sites (N-methyl/N-ethyl adjacent to an activating group) is 1. The molecule has 0 spiro atoms. The molecule has 2 N–H and O–H groups in total. The Bertz CT molecular complexity index is 478. The number of para-hydroxylation sites is 1. The minimum atomic E-state index is 0.511. The molecule has 0 aromatic heterocycles. The average Bonchev–Trinajstić information content (AvgIpc) is 2.59. The first kappa shape index (κ1) is 20.3. The zero-order valence-corrected chi connectivity index (χ0v) is 17.2. The molecule has 0 radical (unpaired) electrons. The summed E-state index contributed by atoms with van der Waals surface area (Å²) in [5.74, 6) is 2.17. The van der Waals surface area contributed by atoms with Crippen LogP contribution in [0, 0.1) is 0 Å². The quantitative estimate of drug-likeness (QED) is 0.652. The van der Waals surface area contributed by atoms with Crippen molar-refractivity contribution in [1.82, 2.24) is 0 Å². The van der Waals surface area contributed by atoms with E-state index >= 15 is 0 Å². The van der Waals surface area contributed by atoms with E-state index in [1.807, 2.05) is 0 Å². The molecule has 1 aliphatic rings. The highest BCUT2D eigenvalue weighted by atomic mass is 16.5. The monoisotopic (exact) mass is 348 g/mol.